The molecule has 0 aromatic carbocycles. The van der Waals surface area contributed by atoms with Crippen molar-refractivity contribution in [2.24, 2.45) is 0 Å². The summed E-state index contributed by atoms with van der Waals surface area (Å²) in [4.78, 5) is 11.7. The summed E-state index contributed by atoms with van der Waals surface area (Å²) in [6, 6.07) is -0.654. The van der Waals surface area contributed by atoms with E-state index < -0.39 is 24.0 Å². The Balaban J connectivity index is 2.97. The van der Waals surface area contributed by atoms with Crippen molar-refractivity contribution in [3.63, 3.8) is 0 Å². The lowest BCUT2D eigenvalue weighted by molar-refractivity contribution is -0.127. The standard InChI is InChI=1S/C11H19NO6/c1-18-10-8(12-7(4-13)5-14)2-11(17,6-15)3-9(10)16/h7,12-15,17H,2-6H2,1H3/t11-/m0/s1. The molecule has 0 saturated heterocycles. The average molecular weight is 261 g/mol. The van der Waals surface area contributed by atoms with Crippen LogP contribution in [0.3, 0.4) is 0 Å². The lowest BCUT2D eigenvalue weighted by atomic mass is 9.86. The van der Waals surface area contributed by atoms with Crippen LogP contribution in [0.25, 0.3) is 0 Å². The molecule has 0 amide bonds. The number of allylic oxidation sites excluding steroid dienone is 1. The Kier molecular flexibility index (Phi) is 5.09. The summed E-state index contributed by atoms with van der Waals surface area (Å²) in [5.74, 6) is -0.377. The highest BCUT2D eigenvalue weighted by atomic mass is 16.5. The molecule has 1 aliphatic carbocycles. The summed E-state index contributed by atoms with van der Waals surface area (Å²) >= 11 is 0. The number of ether oxygens (including phenoxy) is 1. The number of aliphatic hydroxyl groups is 4. The van der Waals surface area contributed by atoms with Gasteiger partial charge < -0.3 is 30.5 Å². The Morgan fingerprint density at radius 3 is 2.39 bits per heavy atom. The first-order chi connectivity index (χ1) is 8.49. The summed E-state index contributed by atoms with van der Waals surface area (Å²) in [5, 5.41) is 39.8. The van der Waals surface area contributed by atoms with Gasteiger partial charge in [0, 0.05) is 12.8 Å². The monoisotopic (exact) mass is 261 g/mol. The molecule has 104 valence electrons. The van der Waals surface area contributed by atoms with Crippen LogP contribution >= 0.6 is 0 Å². The molecule has 0 radical (unpaired) electrons. The van der Waals surface area contributed by atoms with Gasteiger partial charge in [-0.15, -0.1) is 0 Å². The lowest BCUT2D eigenvalue weighted by Crippen LogP contribution is -2.46. The van der Waals surface area contributed by atoms with Crippen molar-refractivity contribution in [1.82, 2.24) is 5.32 Å². The predicted octanol–water partition coefficient (Wildman–Crippen LogP) is -2.13. The molecule has 1 atom stereocenters. The maximum atomic E-state index is 11.7. The summed E-state index contributed by atoms with van der Waals surface area (Å²) < 4.78 is 4.96. The SMILES string of the molecule is COC1=C(NC(CO)CO)C[C@@](O)(CO)CC1=O. The van der Waals surface area contributed by atoms with E-state index in [1.807, 2.05) is 0 Å². The van der Waals surface area contributed by atoms with Gasteiger partial charge in [0.25, 0.3) is 0 Å². The minimum absolute atomic E-state index is 0.00505. The van der Waals surface area contributed by atoms with Gasteiger partial charge in [0.05, 0.1) is 38.7 Å². The summed E-state index contributed by atoms with van der Waals surface area (Å²) in [6.07, 6.45) is -0.227. The van der Waals surface area contributed by atoms with Crippen molar-refractivity contribution in [1.29, 1.82) is 0 Å². The number of ketones is 1. The highest BCUT2D eigenvalue weighted by molar-refractivity contribution is 5.95. The van der Waals surface area contributed by atoms with Gasteiger partial charge >= 0.3 is 0 Å². The second-order valence-corrected chi connectivity index (χ2v) is 4.38. The van der Waals surface area contributed by atoms with E-state index in [-0.39, 0.29) is 37.5 Å². The Hall–Kier alpha value is -1.15. The van der Waals surface area contributed by atoms with Crippen molar-refractivity contribution in [2.75, 3.05) is 26.9 Å². The molecule has 0 aromatic heterocycles. The van der Waals surface area contributed by atoms with Crippen molar-refractivity contribution < 1.29 is 30.0 Å². The third-order valence-corrected chi connectivity index (χ3v) is 2.84. The van der Waals surface area contributed by atoms with E-state index in [1.165, 1.54) is 7.11 Å². The van der Waals surface area contributed by atoms with Crippen LogP contribution in [0, 0.1) is 0 Å². The summed E-state index contributed by atoms with van der Waals surface area (Å²) in [6.45, 7) is -1.21. The number of hydrogen-bond acceptors (Lipinski definition) is 7. The first kappa shape index (κ1) is 14.9. The van der Waals surface area contributed by atoms with Crippen LogP contribution < -0.4 is 5.32 Å². The van der Waals surface area contributed by atoms with Crippen molar-refractivity contribution in [2.45, 2.75) is 24.5 Å². The second-order valence-electron chi connectivity index (χ2n) is 4.38. The molecule has 7 nitrogen and oxygen atoms in total. The highest BCUT2D eigenvalue weighted by Gasteiger charge is 2.39. The number of Topliss-reactive ketones (excluding diaryl/α,β-unsaturated/α-hetero) is 1. The van der Waals surface area contributed by atoms with E-state index in [0.29, 0.717) is 0 Å². The molecule has 0 unspecified atom stereocenters. The summed E-state index contributed by atoms with van der Waals surface area (Å²) in [5.41, 5.74) is -1.25. The van der Waals surface area contributed by atoms with Gasteiger partial charge in [0.1, 0.15) is 5.60 Å². The molecule has 1 rings (SSSR count). The smallest absolute Gasteiger partial charge is 0.202 e. The van der Waals surface area contributed by atoms with E-state index in [4.69, 9.17) is 20.1 Å². The Morgan fingerprint density at radius 1 is 1.33 bits per heavy atom. The maximum absolute atomic E-state index is 11.7. The van der Waals surface area contributed by atoms with Crippen LogP contribution in [-0.4, -0.2) is 64.8 Å². The topological polar surface area (TPSA) is 119 Å². The molecular weight excluding hydrogens is 242 g/mol. The summed E-state index contributed by atoms with van der Waals surface area (Å²) in [7, 11) is 1.32. The first-order valence-electron chi connectivity index (χ1n) is 5.61. The van der Waals surface area contributed by atoms with Crippen molar-refractivity contribution in [3.05, 3.63) is 11.5 Å². The second kappa shape index (κ2) is 6.14. The molecule has 0 saturated carbocycles. The average Bonchev–Trinajstić information content (AvgIpc) is 2.35. The molecule has 1 aliphatic rings. The minimum Gasteiger partial charge on any atom is -0.491 e. The fourth-order valence-electron chi connectivity index (χ4n) is 1.88. The zero-order valence-electron chi connectivity index (χ0n) is 10.2. The van der Waals surface area contributed by atoms with Gasteiger partial charge in [-0.2, -0.15) is 0 Å². The van der Waals surface area contributed by atoms with Gasteiger partial charge in [-0.05, 0) is 0 Å². The molecule has 0 aromatic rings. The number of carbonyl (C=O) groups is 1. The molecular formula is C11H19NO6. The van der Waals surface area contributed by atoms with Gasteiger partial charge in [0.15, 0.2) is 5.76 Å². The van der Waals surface area contributed by atoms with E-state index in [2.05, 4.69) is 5.32 Å². The minimum atomic E-state index is -1.53. The van der Waals surface area contributed by atoms with Crippen LogP contribution in [0.1, 0.15) is 12.8 Å². The third-order valence-electron chi connectivity index (χ3n) is 2.84. The predicted molar refractivity (Wildman–Crippen MR) is 61.4 cm³/mol. The number of nitrogens with one attached hydrogen (secondary N) is 1. The normalized spacial score (nSPS) is 24.7. The van der Waals surface area contributed by atoms with E-state index in [1.54, 1.807) is 0 Å². The van der Waals surface area contributed by atoms with Crippen LogP contribution in [0.15, 0.2) is 11.5 Å². The molecule has 5 N–H and O–H groups in total. The zero-order valence-corrected chi connectivity index (χ0v) is 10.2. The maximum Gasteiger partial charge on any atom is 0.202 e. The third kappa shape index (κ3) is 3.20. The van der Waals surface area contributed by atoms with Gasteiger partial charge in [-0.25, -0.2) is 0 Å². The van der Waals surface area contributed by atoms with Crippen LogP contribution in [-0.2, 0) is 9.53 Å². The molecule has 0 heterocycles. The quantitative estimate of drug-likeness (QED) is 0.370. The molecule has 18 heavy (non-hydrogen) atoms. The number of carbonyl (C=O) groups excluding carboxylic acids is 1. The van der Waals surface area contributed by atoms with Crippen molar-refractivity contribution in [3.8, 4) is 0 Å². The van der Waals surface area contributed by atoms with E-state index in [9.17, 15) is 9.90 Å². The Morgan fingerprint density at radius 2 is 1.94 bits per heavy atom. The largest absolute Gasteiger partial charge is 0.491 e. The Labute approximate surface area is 105 Å². The van der Waals surface area contributed by atoms with Crippen molar-refractivity contribution >= 4 is 5.78 Å². The fraction of sp³-hybridized carbons (Fsp3) is 0.727. The molecule has 0 spiro atoms. The molecule has 0 aliphatic heterocycles. The number of rotatable bonds is 6. The van der Waals surface area contributed by atoms with Crippen LogP contribution in [0.4, 0.5) is 0 Å². The van der Waals surface area contributed by atoms with Gasteiger partial charge in [-0.3, -0.25) is 4.79 Å². The number of hydrogen-bond donors (Lipinski definition) is 5. The highest BCUT2D eigenvalue weighted by Crippen LogP contribution is 2.29. The van der Waals surface area contributed by atoms with Crippen LogP contribution in [0.5, 0.6) is 0 Å². The lowest BCUT2D eigenvalue weighted by Gasteiger charge is -2.33. The van der Waals surface area contributed by atoms with E-state index in [0.717, 1.165) is 0 Å². The number of aliphatic hydroxyl groups excluding tert-OH is 3. The zero-order chi connectivity index (χ0) is 13.8. The fourth-order valence-corrected chi connectivity index (χ4v) is 1.88. The first-order valence-corrected chi connectivity index (χ1v) is 5.61. The molecule has 7 heteroatoms. The Bertz CT molecular complexity index is 338. The van der Waals surface area contributed by atoms with E-state index >= 15 is 0 Å². The molecule has 0 fully saturated rings. The van der Waals surface area contributed by atoms with Gasteiger partial charge in [0.2, 0.25) is 5.78 Å². The van der Waals surface area contributed by atoms with Gasteiger partial charge in [-0.1, -0.05) is 0 Å². The molecule has 0 bridgehead atoms. The number of methoxy groups -OCH3 is 1. The van der Waals surface area contributed by atoms with Crippen LogP contribution in [0.2, 0.25) is 0 Å².